The fraction of sp³-hybridized carbons (Fsp3) is 0.286. The van der Waals surface area contributed by atoms with Crippen LogP contribution in [0.1, 0.15) is 35.7 Å². The molecule has 4 aromatic rings. The number of fused-ring (bicyclic) bond motifs is 1. The number of imidazole rings is 1. The van der Waals surface area contributed by atoms with E-state index in [0.717, 1.165) is 0 Å². The van der Waals surface area contributed by atoms with Gasteiger partial charge in [0.15, 0.2) is 0 Å². The SMILES string of the molecule is CC1(NC(=O)c2ccc3c(c2)n(Cc2ccc(F)cc2)c(=O)n3-c2cccc(OC(F)F)c2)CCS(=O)(=O)CC1. The van der Waals surface area contributed by atoms with Crippen LogP contribution in [-0.4, -0.2) is 47.1 Å². The Morgan fingerprint density at radius 3 is 2.40 bits per heavy atom. The van der Waals surface area contributed by atoms with Crippen molar-refractivity contribution in [2.24, 2.45) is 0 Å². The molecule has 1 aliphatic rings. The number of carbonyl (C=O) groups excluding carboxylic acids is 1. The van der Waals surface area contributed by atoms with Crippen LogP contribution in [0.3, 0.4) is 0 Å². The summed E-state index contributed by atoms with van der Waals surface area (Å²) in [6, 6.07) is 16.0. The maximum atomic E-state index is 13.7. The molecule has 5 rings (SSSR count). The molecule has 0 bridgehead atoms. The minimum absolute atomic E-state index is 0.0167. The average Bonchev–Trinajstić information content (AvgIpc) is 3.17. The Morgan fingerprint density at radius 2 is 1.73 bits per heavy atom. The Kier molecular flexibility index (Phi) is 7.21. The molecule has 2 heterocycles. The van der Waals surface area contributed by atoms with Gasteiger partial charge in [0.05, 0.1) is 34.8 Å². The number of carbonyl (C=O) groups is 1. The quantitative estimate of drug-likeness (QED) is 0.356. The van der Waals surface area contributed by atoms with Crippen molar-refractivity contribution in [2.75, 3.05) is 11.5 Å². The Balaban J connectivity index is 1.57. The third-order valence-corrected chi connectivity index (χ3v) is 8.74. The Bertz CT molecular complexity index is 1730. The van der Waals surface area contributed by atoms with E-state index in [4.69, 9.17) is 0 Å². The number of benzene rings is 3. The number of ether oxygens (including phenoxy) is 1. The van der Waals surface area contributed by atoms with E-state index in [1.165, 1.54) is 57.7 Å². The van der Waals surface area contributed by atoms with Crippen molar-refractivity contribution in [3.05, 3.63) is 94.2 Å². The number of halogens is 3. The van der Waals surface area contributed by atoms with E-state index >= 15 is 0 Å². The highest BCUT2D eigenvalue weighted by Crippen LogP contribution is 2.26. The molecule has 0 aliphatic carbocycles. The molecule has 210 valence electrons. The lowest BCUT2D eigenvalue weighted by Crippen LogP contribution is -2.50. The van der Waals surface area contributed by atoms with E-state index in [1.54, 1.807) is 25.1 Å². The fourth-order valence-corrected chi connectivity index (χ4v) is 6.56. The number of alkyl halides is 2. The zero-order chi connectivity index (χ0) is 28.7. The number of sulfone groups is 1. The second-order valence-electron chi connectivity index (χ2n) is 10.1. The summed E-state index contributed by atoms with van der Waals surface area (Å²) in [6.45, 7) is -1.19. The topological polar surface area (TPSA) is 99.4 Å². The zero-order valence-electron chi connectivity index (χ0n) is 21.4. The molecule has 0 spiro atoms. The number of rotatable bonds is 7. The zero-order valence-corrected chi connectivity index (χ0v) is 22.3. The van der Waals surface area contributed by atoms with E-state index in [1.807, 2.05) is 0 Å². The van der Waals surface area contributed by atoms with Crippen molar-refractivity contribution in [1.29, 1.82) is 0 Å². The number of hydrogen-bond donors (Lipinski definition) is 1. The van der Waals surface area contributed by atoms with Gasteiger partial charge in [-0.2, -0.15) is 8.78 Å². The van der Waals surface area contributed by atoms with Crippen LogP contribution in [0.5, 0.6) is 5.75 Å². The first-order chi connectivity index (χ1) is 18.9. The molecule has 40 heavy (non-hydrogen) atoms. The Labute approximate surface area is 227 Å². The molecular weight excluding hydrogens is 547 g/mol. The molecule has 0 radical (unpaired) electrons. The summed E-state index contributed by atoms with van der Waals surface area (Å²) in [4.78, 5) is 27.0. The second kappa shape index (κ2) is 10.5. The highest BCUT2D eigenvalue weighted by Gasteiger charge is 2.34. The van der Waals surface area contributed by atoms with Crippen LogP contribution in [0.2, 0.25) is 0 Å². The molecule has 0 atom stereocenters. The number of aromatic nitrogens is 2. The van der Waals surface area contributed by atoms with Crippen molar-refractivity contribution in [1.82, 2.24) is 14.5 Å². The first kappa shape index (κ1) is 27.5. The van der Waals surface area contributed by atoms with Gasteiger partial charge in [0.2, 0.25) is 0 Å². The van der Waals surface area contributed by atoms with Gasteiger partial charge >= 0.3 is 12.3 Å². The van der Waals surface area contributed by atoms with E-state index in [2.05, 4.69) is 10.1 Å². The Hall–Kier alpha value is -4.06. The molecule has 3 aromatic carbocycles. The number of amides is 1. The number of nitrogens with zero attached hydrogens (tertiary/aromatic N) is 2. The van der Waals surface area contributed by atoms with Gasteiger partial charge in [0.1, 0.15) is 21.4 Å². The van der Waals surface area contributed by atoms with Crippen LogP contribution in [0.15, 0.2) is 71.5 Å². The molecule has 1 aromatic heterocycles. The second-order valence-corrected chi connectivity index (χ2v) is 12.4. The normalized spacial score (nSPS) is 16.2. The van der Waals surface area contributed by atoms with Crippen LogP contribution in [-0.2, 0) is 16.4 Å². The van der Waals surface area contributed by atoms with Gasteiger partial charge in [-0.25, -0.2) is 17.6 Å². The Morgan fingerprint density at radius 1 is 1.02 bits per heavy atom. The predicted octanol–water partition coefficient (Wildman–Crippen LogP) is 4.28. The number of nitrogens with one attached hydrogen (secondary N) is 1. The van der Waals surface area contributed by atoms with Crippen molar-refractivity contribution in [3.63, 3.8) is 0 Å². The van der Waals surface area contributed by atoms with Crippen molar-refractivity contribution in [3.8, 4) is 11.4 Å². The van der Waals surface area contributed by atoms with Crippen LogP contribution in [0.25, 0.3) is 16.7 Å². The molecule has 1 N–H and O–H groups in total. The highest BCUT2D eigenvalue weighted by molar-refractivity contribution is 7.91. The van der Waals surface area contributed by atoms with Gasteiger partial charge in [-0.05, 0) is 67.8 Å². The summed E-state index contributed by atoms with van der Waals surface area (Å²) in [6.07, 6.45) is 0.567. The van der Waals surface area contributed by atoms with Gasteiger partial charge in [-0.3, -0.25) is 13.9 Å². The van der Waals surface area contributed by atoms with E-state index in [-0.39, 0.29) is 47.9 Å². The van der Waals surface area contributed by atoms with Crippen molar-refractivity contribution < 1.29 is 31.1 Å². The first-order valence-electron chi connectivity index (χ1n) is 12.5. The monoisotopic (exact) mass is 573 g/mol. The largest absolute Gasteiger partial charge is 0.435 e. The fourth-order valence-electron chi connectivity index (χ4n) is 4.83. The lowest BCUT2D eigenvalue weighted by atomic mass is 9.94. The van der Waals surface area contributed by atoms with Crippen LogP contribution >= 0.6 is 0 Å². The first-order valence-corrected chi connectivity index (χ1v) is 14.3. The van der Waals surface area contributed by atoms with Crippen molar-refractivity contribution >= 4 is 26.8 Å². The summed E-state index contributed by atoms with van der Waals surface area (Å²) < 4.78 is 70.1. The summed E-state index contributed by atoms with van der Waals surface area (Å²) in [5, 5.41) is 2.94. The minimum Gasteiger partial charge on any atom is -0.435 e. The van der Waals surface area contributed by atoms with Crippen LogP contribution in [0, 0.1) is 5.82 Å². The maximum Gasteiger partial charge on any atom is 0.387 e. The summed E-state index contributed by atoms with van der Waals surface area (Å²) in [5.74, 6) is -1.02. The van der Waals surface area contributed by atoms with Gasteiger partial charge in [0.25, 0.3) is 5.91 Å². The highest BCUT2D eigenvalue weighted by atomic mass is 32.2. The van der Waals surface area contributed by atoms with Crippen LogP contribution in [0.4, 0.5) is 13.2 Å². The van der Waals surface area contributed by atoms with E-state index in [9.17, 15) is 31.2 Å². The van der Waals surface area contributed by atoms with Gasteiger partial charge in [0, 0.05) is 17.2 Å². The maximum absolute atomic E-state index is 13.7. The molecule has 1 saturated heterocycles. The third kappa shape index (κ3) is 5.76. The molecule has 1 aliphatic heterocycles. The summed E-state index contributed by atoms with van der Waals surface area (Å²) in [7, 11) is -3.13. The smallest absolute Gasteiger partial charge is 0.387 e. The predicted molar refractivity (Wildman–Crippen MR) is 143 cm³/mol. The van der Waals surface area contributed by atoms with E-state index < -0.39 is 39.4 Å². The molecule has 12 heteroatoms. The molecule has 8 nitrogen and oxygen atoms in total. The molecule has 1 amide bonds. The lowest BCUT2D eigenvalue weighted by molar-refractivity contribution is -0.0498. The average molecular weight is 574 g/mol. The lowest BCUT2D eigenvalue weighted by Gasteiger charge is -2.34. The van der Waals surface area contributed by atoms with E-state index in [0.29, 0.717) is 16.6 Å². The summed E-state index contributed by atoms with van der Waals surface area (Å²) >= 11 is 0. The molecule has 0 saturated carbocycles. The van der Waals surface area contributed by atoms with Gasteiger partial charge in [-0.15, -0.1) is 0 Å². The molecule has 0 unspecified atom stereocenters. The minimum atomic E-state index is -3.13. The van der Waals surface area contributed by atoms with Gasteiger partial charge < -0.3 is 10.1 Å². The van der Waals surface area contributed by atoms with Gasteiger partial charge in [-0.1, -0.05) is 18.2 Å². The molecular formula is C28H26F3N3O5S. The standard InChI is InChI=1S/C28H26F3N3O5S/c1-28(11-13-40(37,38)14-12-28)32-25(35)19-7-10-23-24(15-19)33(17-18-5-8-20(29)9-6-18)27(36)34(23)21-3-2-4-22(16-21)39-26(30)31/h2-10,15-16,26H,11-14,17H2,1H3,(H,32,35). The third-order valence-electron chi connectivity index (χ3n) is 7.09. The number of hydrogen-bond acceptors (Lipinski definition) is 5. The molecule has 1 fully saturated rings. The van der Waals surface area contributed by atoms with Crippen LogP contribution < -0.4 is 15.7 Å². The van der Waals surface area contributed by atoms with Crippen molar-refractivity contribution in [2.45, 2.75) is 38.5 Å². The summed E-state index contributed by atoms with van der Waals surface area (Å²) in [5.41, 5.74) is 0.744.